The zero-order valence-corrected chi connectivity index (χ0v) is 11.3. The Morgan fingerprint density at radius 1 is 1.38 bits per heavy atom. The summed E-state index contributed by atoms with van der Waals surface area (Å²) < 4.78 is 0.906. The maximum absolute atomic E-state index is 4.37. The molecule has 3 nitrogen and oxygen atoms in total. The van der Waals surface area contributed by atoms with Crippen LogP contribution >= 0.6 is 27.3 Å². The third kappa shape index (κ3) is 3.02. The van der Waals surface area contributed by atoms with Gasteiger partial charge in [-0.15, -0.1) is 11.3 Å². The summed E-state index contributed by atoms with van der Waals surface area (Å²) in [4.78, 5) is 10.5. The number of anilines is 1. The summed E-state index contributed by atoms with van der Waals surface area (Å²) >= 11 is 5.01. The molecule has 16 heavy (non-hydrogen) atoms. The van der Waals surface area contributed by atoms with Crippen molar-refractivity contribution in [3.63, 3.8) is 0 Å². The number of hydrogen-bond acceptors (Lipinski definition) is 4. The van der Waals surface area contributed by atoms with Crippen molar-refractivity contribution in [3.8, 4) is 0 Å². The zero-order valence-electron chi connectivity index (χ0n) is 8.93. The Morgan fingerprint density at radius 2 is 2.12 bits per heavy atom. The monoisotopic (exact) mass is 297 g/mol. The van der Waals surface area contributed by atoms with Crippen LogP contribution in [0.4, 0.5) is 5.13 Å². The van der Waals surface area contributed by atoms with Crippen LogP contribution in [0.15, 0.2) is 34.5 Å². The molecule has 0 saturated heterocycles. The van der Waals surface area contributed by atoms with E-state index in [1.54, 1.807) is 11.3 Å². The van der Waals surface area contributed by atoms with Crippen LogP contribution in [-0.4, -0.2) is 23.6 Å². The Labute approximate surface area is 107 Å². The van der Waals surface area contributed by atoms with Crippen LogP contribution in [0.2, 0.25) is 0 Å². The summed E-state index contributed by atoms with van der Waals surface area (Å²) in [7, 11) is 2.06. The van der Waals surface area contributed by atoms with Crippen LogP contribution in [0.3, 0.4) is 0 Å². The van der Waals surface area contributed by atoms with E-state index >= 15 is 0 Å². The molecule has 0 N–H and O–H groups in total. The Morgan fingerprint density at radius 3 is 2.75 bits per heavy atom. The predicted molar refractivity (Wildman–Crippen MR) is 71.0 cm³/mol. The lowest BCUT2D eigenvalue weighted by Gasteiger charge is -2.15. The van der Waals surface area contributed by atoms with Crippen LogP contribution in [0, 0.1) is 0 Å². The third-order valence-electron chi connectivity index (χ3n) is 2.28. The van der Waals surface area contributed by atoms with Crippen molar-refractivity contribution in [1.29, 1.82) is 0 Å². The van der Waals surface area contributed by atoms with Gasteiger partial charge in [-0.1, -0.05) is 0 Å². The molecule has 0 aliphatic heterocycles. The standard InChI is InChI=1S/C11H12BrN3S/c1-15(11-14-10(12)8-16-11)7-4-9-2-5-13-6-3-9/h2-3,5-6,8H,4,7H2,1H3. The van der Waals surface area contributed by atoms with Crippen LogP contribution in [0.5, 0.6) is 0 Å². The van der Waals surface area contributed by atoms with Crippen molar-refractivity contribution in [1.82, 2.24) is 9.97 Å². The van der Waals surface area contributed by atoms with Crippen molar-refractivity contribution in [3.05, 3.63) is 40.1 Å². The van der Waals surface area contributed by atoms with Crippen molar-refractivity contribution < 1.29 is 0 Å². The summed E-state index contributed by atoms with van der Waals surface area (Å²) in [5, 5.41) is 3.04. The summed E-state index contributed by atoms with van der Waals surface area (Å²) in [5.74, 6) is 0. The largest absolute Gasteiger partial charge is 0.351 e. The van der Waals surface area contributed by atoms with Gasteiger partial charge in [-0.05, 0) is 40.0 Å². The van der Waals surface area contributed by atoms with Crippen LogP contribution in [0.25, 0.3) is 0 Å². The molecule has 0 unspecified atom stereocenters. The summed E-state index contributed by atoms with van der Waals surface area (Å²) in [6, 6.07) is 4.09. The maximum atomic E-state index is 4.37. The molecule has 84 valence electrons. The van der Waals surface area contributed by atoms with E-state index in [4.69, 9.17) is 0 Å². The molecule has 0 fully saturated rings. The molecule has 2 aromatic rings. The fraction of sp³-hybridized carbons (Fsp3) is 0.273. The van der Waals surface area contributed by atoms with E-state index in [1.165, 1.54) is 5.56 Å². The highest BCUT2D eigenvalue weighted by molar-refractivity contribution is 9.10. The summed E-state index contributed by atoms with van der Waals surface area (Å²) in [6.07, 6.45) is 4.67. The Balaban J connectivity index is 1.91. The number of halogens is 1. The number of thiazole rings is 1. The van der Waals surface area contributed by atoms with Gasteiger partial charge in [0, 0.05) is 31.4 Å². The molecule has 0 aliphatic carbocycles. The highest BCUT2D eigenvalue weighted by Crippen LogP contribution is 2.22. The predicted octanol–water partition coefficient (Wildman–Crippen LogP) is 2.98. The number of likely N-dealkylation sites (N-methyl/N-ethyl adjacent to an activating group) is 1. The lowest BCUT2D eigenvalue weighted by Crippen LogP contribution is -2.19. The smallest absolute Gasteiger partial charge is 0.186 e. The van der Waals surface area contributed by atoms with Gasteiger partial charge in [0.2, 0.25) is 0 Å². The van der Waals surface area contributed by atoms with E-state index in [0.29, 0.717) is 0 Å². The second-order valence-electron chi connectivity index (χ2n) is 3.48. The van der Waals surface area contributed by atoms with Gasteiger partial charge < -0.3 is 4.90 Å². The first-order valence-electron chi connectivity index (χ1n) is 4.97. The van der Waals surface area contributed by atoms with Gasteiger partial charge in [0.15, 0.2) is 5.13 Å². The van der Waals surface area contributed by atoms with Crippen molar-refractivity contribution in [2.45, 2.75) is 6.42 Å². The van der Waals surface area contributed by atoms with Gasteiger partial charge in [0.1, 0.15) is 4.60 Å². The fourth-order valence-electron chi connectivity index (χ4n) is 1.36. The molecular weight excluding hydrogens is 286 g/mol. The first-order valence-corrected chi connectivity index (χ1v) is 6.64. The van der Waals surface area contributed by atoms with Crippen molar-refractivity contribution in [2.24, 2.45) is 0 Å². The molecular formula is C11H12BrN3S. The first-order chi connectivity index (χ1) is 7.75. The van der Waals surface area contributed by atoms with E-state index in [-0.39, 0.29) is 0 Å². The molecule has 0 aromatic carbocycles. The van der Waals surface area contributed by atoms with Crippen LogP contribution in [-0.2, 0) is 6.42 Å². The Bertz CT molecular complexity index is 444. The molecule has 2 aromatic heterocycles. The number of nitrogens with zero attached hydrogens (tertiary/aromatic N) is 3. The van der Waals surface area contributed by atoms with E-state index in [9.17, 15) is 0 Å². The average molecular weight is 298 g/mol. The minimum Gasteiger partial charge on any atom is -0.351 e. The lowest BCUT2D eigenvalue weighted by molar-refractivity contribution is 0.868. The number of rotatable bonds is 4. The lowest BCUT2D eigenvalue weighted by atomic mass is 10.2. The quantitative estimate of drug-likeness (QED) is 0.869. The molecule has 0 saturated carbocycles. The number of pyridine rings is 1. The summed E-state index contributed by atoms with van der Waals surface area (Å²) in [5.41, 5.74) is 1.30. The highest BCUT2D eigenvalue weighted by Gasteiger charge is 2.05. The second-order valence-corrected chi connectivity index (χ2v) is 5.13. The van der Waals surface area contributed by atoms with Gasteiger partial charge in [-0.2, -0.15) is 0 Å². The molecule has 5 heteroatoms. The van der Waals surface area contributed by atoms with E-state index in [2.05, 4.69) is 37.8 Å². The second kappa shape index (κ2) is 5.41. The van der Waals surface area contributed by atoms with E-state index < -0.39 is 0 Å². The van der Waals surface area contributed by atoms with Gasteiger partial charge in [0.25, 0.3) is 0 Å². The first kappa shape index (κ1) is 11.5. The van der Waals surface area contributed by atoms with Crippen LogP contribution in [0.1, 0.15) is 5.56 Å². The molecule has 2 heterocycles. The van der Waals surface area contributed by atoms with E-state index in [1.807, 2.05) is 29.9 Å². The minimum absolute atomic E-state index is 0.906. The molecule has 0 aliphatic rings. The number of hydrogen-bond donors (Lipinski definition) is 0. The van der Waals surface area contributed by atoms with Gasteiger partial charge in [-0.3, -0.25) is 4.98 Å². The Kier molecular flexibility index (Phi) is 3.90. The molecule has 0 radical (unpaired) electrons. The molecule has 0 atom stereocenters. The minimum atomic E-state index is 0.906. The molecule has 0 spiro atoms. The Hall–Kier alpha value is -0.940. The third-order valence-corrected chi connectivity index (χ3v) is 3.94. The molecule has 0 bridgehead atoms. The van der Waals surface area contributed by atoms with Gasteiger partial charge in [0.05, 0.1) is 0 Å². The van der Waals surface area contributed by atoms with Crippen LogP contribution < -0.4 is 4.90 Å². The van der Waals surface area contributed by atoms with Gasteiger partial charge in [-0.25, -0.2) is 4.98 Å². The highest BCUT2D eigenvalue weighted by atomic mass is 79.9. The van der Waals surface area contributed by atoms with Gasteiger partial charge >= 0.3 is 0 Å². The van der Waals surface area contributed by atoms with Crippen molar-refractivity contribution >= 4 is 32.4 Å². The van der Waals surface area contributed by atoms with E-state index in [0.717, 1.165) is 22.7 Å². The fourth-order valence-corrected chi connectivity index (χ4v) is 2.61. The molecule has 2 rings (SSSR count). The summed E-state index contributed by atoms with van der Waals surface area (Å²) in [6.45, 7) is 0.962. The number of aromatic nitrogens is 2. The maximum Gasteiger partial charge on any atom is 0.186 e. The topological polar surface area (TPSA) is 29.0 Å². The SMILES string of the molecule is CN(CCc1ccncc1)c1nc(Br)cs1. The molecule has 0 amide bonds. The zero-order chi connectivity index (χ0) is 11.4. The van der Waals surface area contributed by atoms with Crippen molar-refractivity contribution in [2.75, 3.05) is 18.5 Å². The normalized spacial score (nSPS) is 10.4. The average Bonchev–Trinajstić information content (AvgIpc) is 2.74.